The van der Waals surface area contributed by atoms with Gasteiger partial charge in [-0.15, -0.1) is 0 Å². The molecule has 0 fully saturated rings. The first-order valence-corrected chi connectivity index (χ1v) is 6.89. The molecule has 22 heavy (non-hydrogen) atoms. The summed E-state index contributed by atoms with van der Waals surface area (Å²) in [5.74, 6) is 0.675. The van der Waals surface area contributed by atoms with Crippen molar-refractivity contribution >= 4 is 11.6 Å². The number of ether oxygens (including phenoxy) is 1. The number of rotatable bonds is 1. The van der Waals surface area contributed by atoms with Crippen molar-refractivity contribution in [1.29, 1.82) is 5.26 Å². The van der Waals surface area contributed by atoms with Gasteiger partial charge in [0.05, 0.1) is 11.1 Å². The Labute approximate surface area is 128 Å². The number of fused-ring (bicyclic) bond motifs is 1. The Kier molecular flexibility index (Phi) is 2.92. The second kappa shape index (κ2) is 4.57. The lowest BCUT2D eigenvalue weighted by Gasteiger charge is -2.14. The van der Waals surface area contributed by atoms with Crippen molar-refractivity contribution in [2.45, 2.75) is 26.4 Å². The fourth-order valence-electron chi connectivity index (χ4n) is 2.73. The van der Waals surface area contributed by atoms with Gasteiger partial charge in [0.1, 0.15) is 17.6 Å². The van der Waals surface area contributed by atoms with E-state index in [2.05, 4.69) is 11.1 Å². The number of nitrogen functional groups attached to an aromatic ring is 1. The largest absolute Gasteiger partial charge is 0.479 e. The minimum Gasteiger partial charge on any atom is -0.479 e. The maximum atomic E-state index is 12.6. The summed E-state index contributed by atoms with van der Waals surface area (Å²) < 4.78 is 5.73. The van der Waals surface area contributed by atoms with E-state index >= 15 is 0 Å². The average Bonchev–Trinajstić information content (AvgIpc) is 2.70. The van der Waals surface area contributed by atoms with E-state index in [0.717, 1.165) is 11.1 Å². The van der Waals surface area contributed by atoms with E-state index in [4.69, 9.17) is 10.5 Å². The molecule has 0 bridgehead atoms. The van der Waals surface area contributed by atoms with Gasteiger partial charge in [-0.3, -0.25) is 4.79 Å². The smallest absolute Gasteiger partial charge is 0.210 e. The van der Waals surface area contributed by atoms with Gasteiger partial charge >= 0.3 is 0 Å². The molecule has 5 nitrogen and oxygen atoms in total. The van der Waals surface area contributed by atoms with Crippen LogP contribution in [0.2, 0.25) is 0 Å². The lowest BCUT2D eigenvalue weighted by Crippen LogP contribution is -2.32. The third-order valence-electron chi connectivity index (χ3n) is 3.94. The molecular weight excluding hydrogens is 278 g/mol. The predicted molar refractivity (Wildman–Crippen MR) is 82.6 cm³/mol. The number of nitrogens with two attached hydrogens (primary N) is 1. The summed E-state index contributed by atoms with van der Waals surface area (Å²) in [5, 5.41) is 9.24. The quantitative estimate of drug-likeness (QED) is 0.873. The van der Waals surface area contributed by atoms with Crippen molar-refractivity contribution in [3.8, 4) is 22.9 Å². The molecule has 1 aliphatic heterocycles. The van der Waals surface area contributed by atoms with Crippen LogP contribution >= 0.6 is 0 Å². The van der Waals surface area contributed by atoms with Crippen LogP contribution in [0.1, 0.15) is 35.3 Å². The van der Waals surface area contributed by atoms with Gasteiger partial charge in [-0.05, 0) is 38.0 Å². The van der Waals surface area contributed by atoms with Crippen LogP contribution in [0, 0.1) is 18.3 Å². The molecule has 110 valence electrons. The Morgan fingerprint density at radius 1 is 1.32 bits per heavy atom. The third kappa shape index (κ3) is 1.85. The Morgan fingerprint density at radius 2 is 2.05 bits per heavy atom. The van der Waals surface area contributed by atoms with E-state index in [0.29, 0.717) is 22.4 Å². The standard InChI is InChI=1S/C17H15N3O2/c1-9-11(7-18)16(19)20-8-12(9)10-5-4-6-13-14(10)15(21)17(2,3)22-13/h4-6,8H,1-3H3,(H2,19,20). The van der Waals surface area contributed by atoms with E-state index in [1.807, 2.05) is 12.1 Å². The molecule has 1 aromatic heterocycles. The van der Waals surface area contributed by atoms with Crippen molar-refractivity contribution in [3.63, 3.8) is 0 Å². The van der Waals surface area contributed by atoms with E-state index in [-0.39, 0.29) is 11.6 Å². The normalized spacial score (nSPS) is 15.1. The average molecular weight is 293 g/mol. The monoisotopic (exact) mass is 293 g/mol. The highest BCUT2D eigenvalue weighted by atomic mass is 16.5. The zero-order valence-corrected chi connectivity index (χ0v) is 12.6. The highest BCUT2D eigenvalue weighted by Crippen LogP contribution is 2.41. The number of nitrogens with zero attached hydrogens (tertiary/aromatic N) is 2. The highest BCUT2D eigenvalue weighted by molar-refractivity contribution is 6.11. The van der Waals surface area contributed by atoms with Gasteiger partial charge in [0, 0.05) is 11.8 Å². The van der Waals surface area contributed by atoms with Gasteiger partial charge in [-0.25, -0.2) is 4.98 Å². The molecule has 2 heterocycles. The molecular formula is C17H15N3O2. The lowest BCUT2D eigenvalue weighted by molar-refractivity contribution is 0.0684. The van der Waals surface area contributed by atoms with Crippen LogP contribution in [-0.4, -0.2) is 16.4 Å². The molecule has 0 saturated heterocycles. The molecule has 0 aliphatic carbocycles. The van der Waals surface area contributed by atoms with Crippen LogP contribution in [0.15, 0.2) is 24.4 Å². The zero-order valence-electron chi connectivity index (χ0n) is 12.6. The maximum Gasteiger partial charge on any atom is 0.210 e. The second-order valence-electron chi connectivity index (χ2n) is 5.79. The number of ketones is 1. The number of nitriles is 1. The van der Waals surface area contributed by atoms with Crippen LogP contribution in [0.25, 0.3) is 11.1 Å². The van der Waals surface area contributed by atoms with Crippen LogP contribution in [0.4, 0.5) is 5.82 Å². The summed E-state index contributed by atoms with van der Waals surface area (Å²) in [6.45, 7) is 5.29. The number of carbonyl (C=O) groups is 1. The summed E-state index contributed by atoms with van der Waals surface area (Å²) in [7, 11) is 0. The van der Waals surface area contributed by atoms with Crippen LogP contribution in [-0.2, 0) is 0 Å². The summed E-state index contributed by atoms with van der Waals surface area (Å²) in [6.07, 6.45) is 1.60. The van der Waals surface area contributed by atoms with Gasteiger partial charge in [0.2, 0.25) is 5.78 Å². The summed E-state index contributed by atoms with van der Waals surface area (Å²) in [6, 6.07) is 7.50. The number of pyridine rings is 1. The highest BCUT2D eigenvalue weighted by Gasteiger charge is 2.41. The molecule has 0 amide bonds. The molecule has 5 heteroatoms. The summed E-state index contributed by atoms with van der Waals surface area (Å²) in [5.41, 5.74) is 7.87. The van der Waals surface area contributed by atoms with Crippen molar-refractivity contribution < 1.29 is 9.53 Å². The Bertz CT molecular complexity index is 848. The first-order valence-electron chi connectivity index (χ1n) is 6.89. The van der Waals surface area contributed by atoms with Gasteiger partial charge in [0.15, 0.2) is 5.60 Å². The lowest BCUT2D eigenvalue weighted by atomic mass is 9.90. The number of aromatic nitrogens is 1. The van der Waals surface area contributed by atoms with Crippen molar-refractivity contribution in [1.82, 2.24) is 4.98 Å². The van der Waals surface area contributed by atoms with Crippen LogP contribution in [0.3, 0.4) is 0 Å². The Hall–Kier alpha value is -2.87. The molecule has 0 spiro atoms. The fraction of sp³-hybridized carbons (Fsp3) is 0.235. The molecule has 1 aliphatic rings. The predicted octanol–water partition coefficient (Wildman–Crippen LogP) is 2.86. The number of benzene rings is 1. The zero-order chi connectivity index (χ0) is 16.1. The third-order valence-corrected chi connectivity index (χ3v) is 3.94. The van der Waals surface area contributed by atoms with Crippen LogP contribution in [0.5, 0.6) is 5.75 Å². The molecule has 1 aromatic carbocycles. The fourth-order valence-corrected chi connectivity index (χ4v) is 2.73. The van der Waals surface area contributed by atoms with E-state index in [1.165, 1.54) is 0 Å². The van der Waals surface area contributed by atoms with Gasteiger partial charge in [-0.1, -0.05) is 12.1 Å². The molecule has 0 atom stereocenters. The summed E-state index contributed by atoms with van der Waals surface area (Å²) in [4.78, 5) is 16.7. The Balaban J connectivity index is 2.29. The maximum absolute atomic E-state index is 12.6. The van der Waals surface area contributed by atoms with Gasteiger partial charge in [-0.2, -0.15) is 5.26 Å². The second-order valence-corrected chi connectivity index (χ2v) is 5.79. The number of hydrogen-bond donors (Lipinski definition) is 1. The van der Waals surface area contributed by atoms with Gasteiger partial charge in [0.25, 0.3) is 0 Å². The number of hydrogen-bond acceptors (Lipinski definition) is 5. The SMILES string of the molecule is Cc1c(-c2cccc3c2C(=O)C(C)(C)O3)cnc(N)c1C#N. The topological polar surface area (TPSA) is 89.0 Å². The minimum atomic E-state index is -0.883. The molecule has 0 unspecified atom stereocenters. The van der Waals surface area contributed by atoms with Crippen molar-refractivity contribution in [2.24, 2.45) is 0 Å². The van der Waals surface area contributed by atoms with Gasteiger partial charge < -0.3 is 10.5 Å². The first kappa shape index (κ1) is 14.1. The van der Waals surface area contributed by atoms with E-state index in [1.54, 1.807) is 33.0 Å². The minimum absolute atomic E-state index is 0.0761. The molecule has 3 rings (SSSR count). The molecule has 2 N–H and O–H groups in total. The molecule has 2 aromatic rings. The Morgan fingerprint density at radius 3 is 2.73 bits per heavy atom. The van der Waals surface area contributed by atoms with E-state index < -0.39 is 5.60 Å². The molecule has 0 saturated carbocycles. The number of anilines is 1. The number of Topliss-reactive ketones (excluding diaryl/α,β-unsaturated/α-hetero) is 1. The summed E-state index contributed by atoms with van der Waals surface area (Å²) >= 11 is 0. The van der Waals surface area contributed by atoms with Crippen molar-refractivity contribution in [3.05, 3.63) is 41.1 Å². The molecule has 0 radical (unpaired) electrons. The van der Waals surface area contributed by atoms with E-state index in [9.17, 15) is 10.1 Å². The number of carbonyl (C=O) groups excluding carboxylic acids is 1. The first-order chi connectivity index (χ1) is 10.4. The van der Waals surface area contributed by atoms with Crippen LogP contribution < -0.4 is 10.5 Å². The van der Waals surface area contributed by atoms with Crippen molar-refractivity contribution in [2.75, 3.05) is 5.73 Å².